The molecule has 0 aliphatic rings. The normalized spacial score (nSPS) is 11.7. The van der Waals surface area contributed by atoms with Gasteiger partial charge in [0.1, 0.15) is 6.61 Å². The van der Waals surface area contributed by atoms with Crippen LogP contribution in [0.5, 0.6) is 11.5 Å². The van der Waals surface area contributed by atoms with Crippen molar-refractivity contribution in [2.75, 3.05) is 7.11 Å². The number of methoxy groups -OCH3 is 1. The zero-order valence-corrected chi connectivity index (χ0v) is 14.8. The number of hydrogen-bond acceptors (Lipinski definition) is 3. The maximum Gasteiger partial charge on any atom is 0.161 e. The van der Waals surface area contributed by atoms with E-state index < -0.39 is 0 Å². The topological polar surface area (TPSA) is 44.5 Å². The predicted molar refractivity (Wildman–Crippen MR) is 97.4 cm³/mol. The van der Waals surface area contributed by atoms with E-state index in [1.807, 2.05) is 48.5 Å². The van der Waals surface area contributed by atoms with Crippen LogP contribution in [-0.2, 0) is 6.61 Å². The zero-order chi connectivity index (χ0) is 15.9. The Labute approximate surface area is 145 Å². The number of rotatable bonds is 7. The van der Waals surface area contributed by atoms with Crippen LogP contribution < -0.4 is 15.2 Å². The molecule has 1 atom stereocenters. The highest BCUT2D eigenvalue weighted by molar-refractivity contribution is 5.85. The van der Waals surface area contributed by atoms with Crippen LogP contribution in [0, 0.1) is 5.92 Å². The number of halogens is 1. The fourth-order valence-corrected chi connectivity index (χ4v) is 2.41. The lowest BCUT2D eigenvalue weighted by atomic mass is 9.97. The average molecular weight is 336 g/mol. The van der Waals surface area contributed by atoms with E-state index in [0.717, 1.165) is 29.0 Å². The predicted octanol–water partition coefficient (Wildman–Crippen LogP) is 4.74. The molecule has 0 amide bonds. The van der Waals surface area contributed by atoms with Gasteiger partial charge in [0.2, 0.25) is 0 Å². The van der Waals surface area contributed by atoms with Crippen molar-refractivity contribution in [1.82, 2.24) is 0 Å². The summed E-state index contributed by atoms with van der Waals surface area (Å²) in [5, 5.41) is 0. The molecule has 0 fully saturated rings. The minimum absolute atomic E-state index is 0. The summed E-state index contributed by atoms with van der Waals surface area (Å²) in [4.78, 5) is 0. The number of nitrogens with two attached hydrogens (primary N) is 1. The fraction of sp³-hybridized carbons (Fsp3) is 0.368. The van der Waals surface area contributed by atoms with E-state index in [4.69, 9.17) is 15.2 Å². The summed E-state index contributed by atoms with van der Waals surface area (Å²) in [5.74, 6) is 2.04. The van der Waals surface area contributed by atoms with Crippen molar-refractivity contribution in [3.05, 3.63) is 59.7 Å². The molecule has 0 radical (unpaired) electrons. The SMILES string of the molecule is COc1cc([C@@H](N)CC(C)C)ccc1OCc1ccccc1.Cl. The lowest BCUT2D eigenvalue weighted by Crippen LogP contribution is -2.13. The first-order valence-corrected chi connectivity index (χ1v) is 7.70. The molecular weight excluding hydrogens is 310 g/mol. The van der Waals surface area contributed by atoms with Gasteiger partial charge in [0, 0.05) is 6.04 Å². The second kappa shape index (κ2) is 9.43. The van der Waals surface area contributed by atoms with E-state index in [2.05, 4.69) is 13.8 Å². The third kappa shape index (κ3) is 5.77. The van der Waals surface area contributed by atoms with Crippen LogP contribution in [0.15, 0.2) is 48.5 Å². The average Bonchev–Trinajstić information content (AvgIpc) is 2.53. The van der Waals surface area contributed by atoms with E-state index in [1.165, 1.54) is 0 Å². The first kappa shape index (κ1) is 19.3. The van der Waals surface area contributed by atoms with Crippen molar-refractivity contribution in [2.45, 2.75) is 32.9 Å². The van der Waals surface area contributed by atoms with Crippen molar-refractivity contribution in [3.63, 3.8) is 0 Å². The van der Waals surface area contributed by atoms with Crippen molar-refractivity contribution >= 4 is 12.4 Å². The Balaban J connectivity index is 0.00000264. The number of ether oxygens (including phenoxy) is 2. The highest BCUT2D eigenvalue weighted by Gasteiger charge is 2.12. The Kier molecular flexibility index (Phi) is 7.93. The summed E-state index contributed by atoms with van der Waals surface area (Å²) in [7, 11) is 1.66. The molecule has 0 aromatic heterocycles. The molecule has 0 saturated carbocycles. The molecule has 0 aliphatic carbocycles. The lowest BCUT2D eigenvalue weighted by molar-refractivity contribution is 0.284. The van der Waals surface area contributed by atoms with Crippen LogP contribution in [0.2, 0.25) is 0 Å². The van der Waals surface area contributed by atoms with E-state index in [9.17, 15) is 0 Å². The van der Waals surface area contributed by atoms with Gasteiger partial charge < -0.3 is 15.2 Å². The molecule has 0 heterocycles. The standard InChI is InChI=1S/C19H25NO2.ClH/c1-14(2)11-17(20)16-9-10-18(19(12-16)21-3)22-13-15-7-5-4-6-8-15;/h4-10,12,14,17H,11,13,20H2,1-3H3;1H/t17-;/m0./s1. The largest absolute Gasteiger partial charge is 0.493 e. The fourth-order valence-electron chi connectivity index (χ4n) is 2.41. The summed E-state index contributed by atoms with van der Waals surface area (Å²) < 4.78 is 11.3. The number of hydrogen-bond donors (Lipinski definition) is 1. The second-order valence-electron chi connectivity index (χ2n) is 5.92. The summed E-state index contributed by atoms with van der Waals surface area (Å²) >= 11 is 0. The van der Waals surface area contributed by atoms with Gasteiger partial charge >= 0.3 is 0 Å². The monoisotopic (exact) mass is 335 g/mol. The van der Waals surface area contributed by atoms with Gasteiger partial charge in [0.25, 0.3) is 0 Å². The Bertz CT molecular complexity index is 587. The van der Waals surface area contributed by atoms with Crippen molar-refractivity contribution in [3.8, 4) is 11.5 Å². The molecule has 0 spiro atoms. The Hall–Kier alpha value is -1.71. The van der Waals surface area contributed by atoms with Gasteiger partial charge in [0.05, 0.1) is 7.11 Å². The van der Waals surface area contributed by atoms with Gasteiger partial charge in [0.15, 0.2) is 11.5 Å². The molecule has 3 nitrogen and oxygen atoms in total. The summed E-state index contributed by atoms with van der Waals surface area (Å²) in [5.41, 5.74) is 8.45. The highest BCUT2D eigenvalue weighted by atomic mass is 35.5. The van der Waals surface area contributed by atoms with Crippen molar-refractivity contribution in [2.24, 2.45) is 11.7 Å². The van der Waals surface area contributed by atoms with Crippen LogP contribution in [0.3, 0.4) is 0 Å². The first-order chi connectivity index (χ1) is 10.6. The molecule has 0 aliphatic heterocycles. The highest BCUT2D eigenvalue weighted by Crippen LogP contribution is 2.31. The summed E-state index contributed by atoms with van der Waals surface area (Å²) in [6.45, 7) is 4.87. The summed E-state index contributed by atoms with van der Waals surface area (Å²) in [6, 6.07) is 16.1. The van der Waals surface area contributed by atoms with Crippen LogP contribution in [0.1, 0.15) is 37.4 Å². The van der Waals surface area contributed by atoms with Crippen LogP contribution in [0.25, 0.3) is 0 Å². The molecule has 0 bridgehead atoms. The van der Waals surface area contributed by atoms with Crippen molar-refractivity contribution in [1.29, 1.82) is 0 Å². The summed E-state index contributed by atoms with van der Waals surface area (Å²) in [6.07, 6.45) is 0.952. The lowest BCUT2D eigenvalue weighted by Gasteiger charge is -2.17. The van der Waals surface area contributed by atoms with Gasteiger partial charge in [-0.3, -0.25) is 0 Å². The third-order valence-electron chi connectivity index (χ3n) is 3.58. The van der Waals surface area contributed by atoms with E-state index in [-0.39, 0.29) is 18.4 Å². The van der Waals surface area contributed by atoms with Gasteiger partial charge in [-0.25, -0.2) is 0 Å². The molecule has 4 heteroatoms. The van der Waals surface area contributed by atoms with Crippen LogP contribution in [-0.4, -0.2) is 7.11 Å². The second-order valence-corrected chi connectivity index (χ2v) is 5.92. The Morgan fingerprint density at radius 1 is 1.00 bits per heavy atom. The molecule has 23 heavy (non-hydrogen) atoms. The van der Waals surface area contributed by atoms with Gasteiger partial charge in [-0.2, -0.15) is 0 Å². The Morgan fingerprint density at radius 3 is 2.30 bits per heavy atom. The van der Waals surface area contributed by atoms with Gasteiger partial charge in [-0.1, -0.05) is 50.2 Å². The molecule has 2 aromatic carbocycles. The first-order valence-electron chi connectivity index (χ1n) is 7.70. The molecule has 2 N–H and O–H groups in total. The Morgan fingerprint density at radius 2 is 1.70 bits per heavy atom. The minimum atomic E-state index is 0. The smallest absolute Gasteiger partial charge is 0.161 e. The van der Waals surface area contributed by atoms with Crippen molar-refractivity contribution < 1.29 is 9.47 Å². The quantitative estimate of drug-likeness (QED) is 0.794. The molecular formula is C19H26ClNO2. The molecule has 2 aromatic rings. The van der Waals surface area contributed by atoms with E-state index in [0.29, 0.717) is 12.5 Å². The minimum Gasteiger partial charge on any atom is -0.493 e. The maximum absolute atomic E-state index is 6.24. The maximum atomic E-state index is 6.24. The van der Waals surface area contributed by atoms with Gasteiger partial charge in [-0.15, -0.1) is 12.4 Å². The van der Waals surface area contributed by atoms with Crippen LogP contribution >= 0.6 is 12.4 Å². The van der Waals surface area contributed by atoms with E-state index in [1.54, 1.807) is 7.11 Å². The third-order valence-corrected chi connectivity index (χ3v) is 3.58. The molecule has 0 saturated heterocycles. The van der Waals surface area contributed by atoms with Gasteiger partial charge in [-0.05, 0) is 35.6 Å². The molecule has 0 unspecified atom stereocenters. The van der Waals surface area contributed by atoms with E-state index >= 15 is 0 Å². The van der Waals surface area contributed by atoms with Crippen LogP contribution in [0.4, 0.5) is 0 Å². The molecule has 126 valence electrons. The number of benzene rings is 2. The molecule has 2 rings (SSSR count). The zero-order valence-electron chi connectivity index (χ0n) is 14.0.